The number of hydrogen-bond acceptors (Lipinski definition) is 5. The second-order valence-electron chi connectivity index (χ2n) is 3.78. The van der Waals surface area contributed by atoms with Crippen molar-refractivity contribution in [2.45, 2.75) is 0 Å². The molecule has 4 N–H and O–H groups in total. The van der Waals surface area contributed by atoms with E-state index in [0.717, 1.165) is 6.33 Å². The second kappa shape index (κ2) is 6.07. The Morgan fingerprint density at radius 2 is 2.10 bits per heavy atom. The number of amides is 1. The van der Waals surface area contributed by atoms with Crippen molar-refractivity contribution in [3.63, 3.8) is 0 Å². The molecule has 2 aromatic rings. The van der Waals surface area contributed by atoms with Crippen molar-refractivity contribution in [3.8, 4) is 5.75 Å². The standard InChI is InChI=1S/C12H11ClN4O3/c13-7-1-3-8(4-2-7)20-5-9(18)17-10-11(14)15-6-16-12(10)19/h1-4,6H,5H2,(H,17,18)(H3,14,15,16,19). The third-order valence-electron chi connectivity index (χ3n) is 2.33. The van der Waals surface area contributed by atoms with Crippen molar-refractivity contribution >= 4 is 29.0 Å². The number of aromatic amines is 1. The van der Waals surface area contributed by atoms with Gasteiger partial charge >= 0.3 is 0 Å². The minimum atomic E-state index is -0.530. The van der Waals surface area contributed by atoms with Gasteiger partial charge in [0.25, 0.3) is 11.5 Å². The van der Waals surface area contributed by atoms with E-state index in [1.165, 1.54) is 0 Å². The lowest BCUT2D eigenvalue weighted by Gasteiger charge is -2.07. The van der Waals surface area contributed by atoms with E-state index in [1.807, 2.05) is 0 Å². The van der Waals surface area contributed by atoms with Crippen LogP contribution in [0.25, 0.3) is 0 Å². The molecule has 0 fully saturated rings. The van der Waals surface area contributed by atoms with E-state index in [2.05, 4.69) is 15.3 Å². The Kier molecular flexibility index (Phi) is 4.21. The first-order chi connectivity index (χ1) is 9.56. The third-order valence-corrected chi connectivity index (χ3v) is 2.58. The average molecular weight is 295 g/mol. The number of carbonyl (C=O) groups excluding carboxylic acids is 1. The number of aromatic nitrogens is 2. The van der Waals surface area contributed by atoms with Crippen LogP contribution in [-0.2, 0) is 4.79 Å². The molecular weight excluding hydrogens is 284 g/mol. The number of nitrogen functional groups attached to an aromatic ring is 1. The Labute approximate surface area is 118 Å². The molecule has 1 heterocycles. The van der Waals surface area contributed by atoms with Gasteiger partial charge in [0.05, 0.1) is 6.33 Å². The van der Waals surface area contributed by atoms with Crippen molar-refractivity contribution < 1.29 is 9.53 Å². The highest BCUT2D eigenvalue weighted by Gasteiger charge is 2.10. The first-order valence-corrected chi connectivity index (χ1v) is 5.95. The van der Waals surface area contributed by atoms with Crippen LogP contribution in [0.4, 0.5) is 11.5 Å². The molecule has 0 saturated heterocycles. The highest BCUT2D eigenvalue weighted by molar-refractivity contribution is 6.30. The summed E-state index contributed by atoms with van der Waals surface area (Å²) >= 11 is 5.72. The number of nitrogens with zero attached hydrogens (tertiary/aromatic N) is 1. The Bertz CT molecular complexity index is 669. The molecule has 0 unspecified atom stereocenters. The molecule has 0 bridgehead atoms. The second-order valence-corrected chi connectivity index (χ2v) is 4.22. The van der Waals surface area contributed by atoms with Gasteiger partial charge in [-0.3, -0.25) is 9.59 Å². The Morgan fingerprint density at radius 3 is 2.75 bits per heavy atom. The van der Waals surface area contributed by atoms with Gasteiger partial charge in [-0.1, -0.05) is 11.6 Å². The first-order valence-electron chi connectivity index (χ1n) is 5.57. The van der Waals surface area contributed by atoms with Crippen LogP contribution in [0.5, 0.6) is 5.75 Å². The predicted octanol–water partition coefficient (Wildman–Crippen LogP) is 1.02. The number of rotatable bonds is 4. The van der Waals surface area contributed by atoms with E-state index in [1.54, 1.807) is 24.3 Å². The van der Waals surface area contributed by atoms with Crippen LogP contribution in [-0.4, -0.2) is 22.5 Å². The lowest BCUT2D eigenvalue weighted by molar-refractivity contribution is -0.118. The quantitative estimate of drug-likeness (QED) is 0.780. The maximum atomic E-state index is 11.7. The number of H-pyrrole nitrogens is 1. The van der Waals surface area contributed by atoms with Gasteiger partial charge in [0.2, 0.25) is 0 Å². The summed E-state index contributed by atoms with van der Waals surface area (Å²) in [7, 11) is 0. The molecule has 1 aromatic carbocycles. The number of nitrogens with one attached hydrogen (secondary N) is 2. The maximum absolute atomic E-state index is 11.7. The number of anilines is 2. The molecule has 1 aromatic heterocycles. The van der Waals surface area contributed by atoms with Gasteiger partial charge in [0, 0.05) is 5.02 Å². The Balaban J connectivity index is 1.96. The zero-order valence-corrected chi connectivity index (χ0v) is 11.0. The van der Waals surface area contributed by atoms with Crippen LogP contribution in [0.15, 0.2) is 35.4 Å². The van der Waals surface area contributed by atoms with E-state index in [9.17, 15) is 9.59 Å². The molecule has 2 rings (SSSR count). The smallest absolute Gasteiger partial charge is 0.276 e. The van der Waals surface area contributed by atoms with Crippen molar-refractivity contribution in [1.29, 1.82) is 0 Å². The summed E-state index contributed by atoms with van der Waals surface area (Å²) in [6.45, 7) is -0.268. The van der Waals surface area contributed by atoms with Crippen LogP contribution in [0.3, 0.4) is 0 Å². The summed E-state index contributed by atoms with van der Waals surface area (Å²) in [6, 6.07) is 6.53. The summed E-state index contributed by atoms with van der Waals surface area (Å²) in [5.74, 6) is -0.101. The van der Waals surface area contributed by atoms with Gasteiger partial charge in [0.15, 0.2) is 12.4 Å². The van der Waals surface area contributed by atoms with E-state index >= 15 is 0 Å². The van der Waals surface area contributed by atoms with Crippen molar-refractivity contribution in [2.24, 2.45) is 0 Å². The van der Waals surface area contributed by atoms with Gasteiger partial charge in [-0.15, -0.1) is 0 Å². The predicted molar refractivity (Wildman–Crippen MR) is 74.8 cm³/mol. The van der Waals surface area contributed by atoms with E-state index in [4.69, 9.17) is 22.1 Å². The molecule has 1 amide bonds. The van der Waals surface area contributed by atoms with Crippen molar-refractivity contribution in [1.82, 2.24) is 9.97 Å². The normalized spacial score (nSPS) is 10.1. The largest absolute Gasteiger partial charge is 0.484 e. The molecule has 0 spiro atoms. The van der Waals surface area contributed by atoms with Crippen molar-refractivity contribution in [2.75, 3.05) is 17.7 Å². The summed E-state index contributed by atoms with van der Waals surface area (Å²) in [5, 5.41) is 2.91. The van der Waals surface area contributed by atoms with Gasteiger partial charge in [-0.05, 0) is 24.3 Å². The zero-order chi connectivity index (χ0) is 14.5. The Hall–Kier alpha value is -2.54. The van der Waals surface area contributed by atoms with Gasteiger partial charge in [-0.2, -0.15) is 0 Å². The fourth-order valence-corrected chi connectivity index (χ4v) is 1.52. The molecule has 0 aliphatic heterocycles. The topological polar surface area (TPSA) is 110 Å². The van der Waals surface area contributed by atoms with E-state index in [-0.39, 0.29) is 18.1 Å². The van der Waals surface area contributed by atoms with Crippen LogP contribution in [0.1, 0.15) is 0 Å². The average Bonchev–Trinajstić information content (AvgIpc) is 2.42. The van der Waals surface area contributed by atoms with Crippen LogP contribution < -0.4 is 21.3 Å². The fourth-order valence-electron chi connectivity index (χ4n) is 1.39. The molecule has 0 saturated carbocycles. The van der Waals surface area contributed by atoms with Crippen molar-refractivity contribution in [3.05, 3.63) is 46.0 Å². The van der Waals surface area contributed by atoms with Crippen LogP contribution in [0.2, 0.25) is 5.02 Å². The summed E-state index contributed by atoms with van der Waals surface area (Å²) < 4.78 is 5.23. The molecule has 8 heteroatoms. The molecule has 0 atom stereocenters. The van der Waals surface area contributed by atoms with Gasteiger partial charge in [0.1, 0.15) is 11.4 Å². The summed E-state index contributed by atoms with van der Waals surface area (Å²) in [6.07, 6.45) is 1.15. The lowest BCUT2D eigenvalue weighted by Crippen LogP contribution is -2.26. The highest BCUT2D eigenvalue weighted by atomic mass is 35.5. The van der Waals surface area contributed by atoms with Crippen LogP contribution >= 0.6 is 11.6 Å². The molecule has 0 radical (unpaired) electrons. The lowest BCUT2D eigenvalue weighted by atomic mass is 10.3. The maximum Gasteiger partial charge on any atom is 0.276 e. The van der Waals surface area contributed by atoms with E-state index < -0.39 is 11.5 Å². The molecule has 0 aliphatic rings. The van der Waals surface area contributed by atoms with E-state index in [0.29, 0.717) is 10.8 Å². The number of nitrogens with two attached hydrogens (primary N) is 1. The number of halogens is 1. The molecule has 20 heavy (non-hydrogen) atoms. The molecule has 0 aliphatic carbocycles. The summed E-state index contributed by atoms with van der Waals surface area (Å²) in [4.78, 5) is 29.1. The fraction of sp³-hybridized carbons (Fsp3) is 0.0833. The number of hydrogen-bond donors (Lipinski definition) is 3. The Morgan fingerprint density at radius 1 is 1.40 bits per heavy atom. The summed E-state index contributed by atoms with van der Waals surface area (Å²) in [5.41, 5.74) is 4.86. The monoisotopic (exact) mass is 294 g/mol. The molecular formula is C12H11ClN4O3. The third kappa shape index (κ3) is 3.48. The van der Waals surface area contributed by atoms with Crippen LogP contribution in [0, 0.1) is 0 Å². The molecule has 104 valence electrons. The van der Waals surface area contributed by atoms with Gasteiger partial charge in [-0.25, -0.2) is 4.98 Å². The number of ether oxygens (including phenoxy) is 1. The minimum absolute atomic E-state index is 0.0615. The molecule has 7 nitrogen and oxygen atoms in total. The first kappa shape index (κ1) is 13.9. The minimum Gasteiger partial charge on any atom is -0.484 e. The zero-order valence-electron chi connectivity index (χ0n) is 10.2. The highest BCUT2D eigenvalue weighted by Crippen LogP contribution is 2.15. The van der Waals surface area contributed by atoms with Gasteiger partial charge < -0.3 is 20.8 Å². The number of carbonyl (C=O) groups is 1. The SMILES string of the molecule is Nc1nc[nH]c(=O)c1NC(=O)COc1ccc(Cl)cc1. The number of benzene rings is 1.